The predicted octanol–water partition coefficient (Wildman–Crippen LogP) is 5.26. The number of carbonyl (C=O) groups excluding carboxylic acids is 1. The Hall–Kier alpha value is -2.22. The first-order chi connectivity index (χ1) is 13.5. The van der Waals surface area contributed by atoms with E-state index in [1.165, 1.54) is 11.3 Å². The molecule has 5 nitrogen and oxygen atoms in total. The van der Waals surface area contributed by atoms with Crippen molar-refractivity contribution in [2.45, 2.75) is 19.9 Å². The van der Waals surface area contributed by atoms with E-state index < -0.39 is 0 Å². The fraction of sp³-hybridized carbons (Fsp3) is 0.238. The van der Waals surface area contributed by atoms with Crippen LogP contribution in [0, 0.1) is 0 Å². The summed E-state index contributed by atoms with van der Waals surface area (Å²) in [6.45, 7) is 4.84. The largest absolute Gasteiger partial charge is 0.494 e. The van der Waals surface area contributed by atoms with Gasteiger partial charge in [0.15, 0.2) is 5.13 Å². The van der Waals surface area contributed by atoms with Crippen LogP contribution in [0.3, 0.4) is 0 Å². The summed E-state index contributed by atoms with van der Waals surface area (Å²) < 4.78 is 6.47. The molecule has 146 valence electrons. The van der Waals surface area contributed by atoms with Gasteiger partial charge in [0.25, 0.3) is 0 Å². The van der Waals surface area contributed by atoms with Crippen LogP contribution in [0.2, 0.25) is 0 Å². The van der Waals surface area contributed by atoms with E-state index in [1.54, 1.807) is 0 Å². The Balaban J connectivity index is 1.51. The average molecular weight is 460 g/mol. The highest BCUT2D eigenvalue weighted by molar-refractivity contribution is 9.10. The van der Waals surface area contributed by atoms with Crippen LogP contribution in [-0.2, 0) is 4.79 Å². The molecular weight excluding hydrogens is 438 g/mol. The molecular formula is C21H22BrN3O2S. The Kier molecular flexibility index (Phi) is 7.19. The molecule has 0 fully saturated rings. The predicted molar refractivity (Wildman–Crippen MR) is 118 cm³/mol. The van der Waals surface area contributed by atoms with Gasteiger partial charge in [0, 0.05) is 21.5 Å². The summed E-state index contributed by atoms with van der Waals surface area (Å²) in [6.07, 6.45) is 0. The number of ether oxygens (including phenoxy) is 1. The number of hydrogen-bond donors (Lipinski definition) is 2. The van der Waals surface area contributed by atoms with E-state index in [1.807, 2.05) is 67.8 Å². The molecule has 0 spiro atoms. The normalized spacial score (nSPS) is 11.8. The molecule has 0 aliphatic rings. The number of nitrogens with one attached hydrogen (secondary N) is 2. The quantitative estimate of drug-likeness (QED) is 0.482. The van der Waals surface area contributed by atoms with Gasteiger partial charge >= 0.3 is 0 Å². The molecule has 0 aliphatic heterocycles. The van der Waals surface area contributed by atoms with Gasteiger partial charge in [-0.05, 0) is 43.7 Å². The molecule has 0 bridgehead atoms. The van der Waals surface area contributed by atoms with Gasteiger partial charge in [-0.25, -0.2) is 4.98 Å². The Bertz CT molecular complexity index is 910. The minimum absolute atomic E-state index is 0.0519. The second kappa shape index (κ2) is 9.82. The van der Waals surface area contributed by atoms with Crippen molar-refractivity contribution in [1.82, 2.24) is 10.3 Å². The van der Waals surface area contributed by atoms with Gasteiger partial charge in [-0.3, -0.25) is 4.79 Å². The van der Waals surface area contributed by atoms with Gasteiger partial charge in [0.2, 0.25) is 5.91 Å². The number of aromatic nitrogens is 1. The van der Waals surface area contributed by atoms with Gasteiger partial charge < -0.3 is 15.4 Å². The minimum atomic E-state index is -0.116. The van der Waals surface area contributed by atoms with Crippen LogP contribution in [0.25, 0.3) is 11.3 Å². The monoisotopic (exact) mass is 459 g/mol. The lowest BCUT2D eigenvalue weighted by Crippen LogP contribution is -2.30. The molecule has 7 heteroatoms. The van der Waals surface area contributed by atoms with Crippen molar-refractivity contribution in [3.8, 4) is 17.0 Å². The van der Waals surface area contributed by atoms with Crippen molar-refractivity contribution in [1.29, 1.82) is 0 Å². The van der Waals surface area contributed by atoms with E-state index >= 15 is 0 Å². The molecule has 1 unspecified atom stereocenters. The standard InChI is InChI=1S/C21H22BrN3O2S/c1-3-27-18-10-6-15(7-11-18)14(2)23-12-20(26)25-21-24-19(13-28-21)16-4-8-17(22)9-5-16/h4-11,13-14,23H,3,12H2,1-2H3,(H,24,25,26). The van der Waals surface area contributed by atoms with Crippen LogP contribution < -0.4 is 15.4 Å². The number of rotatable bonds is 8. The number of thiazole rings is 1. The molecule has 0 radical (unpaired) electrons. The molecule has 0 aliphatic carbocycles. The van der Waals surface area contributed by atoms with Crippen LogP contribution in [0.4, 0.5) is 5.13 Å². The second-order valence-corrected chi connectivity index (χ2v) is 7.97. The maximum atomic E-state index is 12.2. The summed E-state index contributed by atoms with van der Waals surface area (Å²) in [4.78, 5) is 16.7. The highest BCUT2D eigenvalue weighted by Crippen LogP contribution is 2.26. The number of amides is 1. The van der Waals surface area contributed by atoms with Crippen molar-refractivity contribution in [2.75, 3.05) is 18.5 Å². The van der Waals surface area contributed by atoms with Crippen LogP contribution in [0.15, 0.2) is 58.4 Å². The fourth-order valence-corrected chi connectivity index (χ4v) is 3.63. The van der Waals surface area contributed by atoms with Crippen LogP contribution in [0.1, 0.15) is 25.5 Å². The van der Waals surface area contributed by atoms with Gasteiger partial charge in [-0.1, -0.05) is 40.2 Å². The number of nitrogens with zero attached hydrogens (tertiary/aromatic N) is 1. The van der Waals surface area contributed by atoms with Crippen molar-refractivity contribution < 1.29 is 9.53 Å². The highest BCUT2D eigenvalue weighted by Gasteiger charge is 2.11. The summed E-state index contributed by atoms with van der Waals surface area (Å²) in [7, 11) is 0. The van der Waals surface area contributed by atoms with Crippen LogP contribution in [-0.4, -0.2) is 24.0 Å². The van der Waals surface area contributed by atoms with Crippen LogP contribution in [0.5, 0.6) is 5.75 Å². The van der Waals surface area contributed by atoms with E-state index in [2.05, 4.69) is 31.5 Å². The molecule has 1 aromatic heterocycles. The molecule has 2 N–H and O–H groups in total. The molecule has 0 saturated carbocycles. The molecule has 0 saturated heterocycles. The van der Waals surface area contributed by atoms with E-state index in [0.29, 0.717) is 11.7 Å². The maximum absolute atomic E-state index is 12.2. The van der Waals surface area contributed by atoms with Gasteiger partial charge in [0.05, 0.1) is 18.8 Å². The van der Waals surface area contributed by atoms with Crippen molar-refractivity contribution in [2.24, 2.45) is 0 Å². The summed E-state index contributed by atoms with van der Waals surface area (Å²) >= 11 is 4.84. The number of benzene rings is 2. The first-order valence-electron chi connectivity index (χ1n) is 9.02. The Morgan fingerprint density at radius 3 is 2.57 bits per heavy atom. The zero-order chi connectivity index (χ0) is 19.9. The summed E-state index contributed by atoms with van der Waals surface area (Å²) in [5.41, 5.74) is 2.97. The third-order valence-corrected chi connectivity index (χ3v) is 5.44. The molecule has 2 aromatic carbocycles. The second-order valence-electron chi connectivity index (χ2n) is 6.20. The number of carbonyl (C=O) groups is 1. The van der Waals surface area contributed by atoms with E-state index in [0.717, 1.165) is 27.0 Å². The zero-order valence-electron chi connectivity index (χ0n) is 15.7. The number of halogens is 1. The maximum Gasteiger partial charge on any atom is 0.240 e. The SMILES string of the molecule is CCOc1ccc(C(C)NCC(=O)Nc2nc(-c3ccc(Br)cc3)cs2)cc1. The van der Waals surface area contributed by atoms with Crippen molar-refractivity contribution in [3.05, 3.63) is 63.9 Å². The molecule has 1 amide bonds. The topological polar surface area (TPSA) is 63.2 Å². The van der Waals surface area contributed by atoms with Gasteiger partial charge in [0.1, 0.15) is 5.75 Å². The van der Waals surface area contributed by atoms with Crippen molar-refractivity contribution in [3.63, 3.8) is 0 Å². The summed E-state index contributed by atoms with van der Waals surface area (Å²) in [5, 5.41) is 8.62. The Labute approximate surface area is 177 Å². The summed E-state index contributed by atoms with van der Waals surface area (Å²) in [6, 6.07) is 15.9. The average Bonchev–Trinajstić information content (AvgIpc) is 3.16. The Morgan fingerprint density at radius 1 is 1.18 bits per heavy atom. The third-order valence-electron chi connectivity index (χ3n) is 4.15. The molecule has 3 aromatic rings. The Morgan fingerprint density at radius 2 is 1.89 bits per heavy atom. The van der Waals surface area contributed by atoms with E-state index in [-0.39, 0.29) is 18.5 Å². The van der Waals surface area contributed by atoms with Gasteiger partial charge in [-0.15, -0.1) is 11.3 Å². The first kappa shape index (κ1) is 20.5. The van der Waals surface area contributed by atoms with Gasteiger partial charge in [-0.2, -0.15) is 0 Å². The van der Waals surface area contributed by atoms with E-state index in [9.17, 15) is 4.79 Å². The molecule has 1 atom stereocenters. The lowest BCUT2D eigenvalue weighted by atomic mass is 10.1. The van der Waals surface area contributed by atoms with E-state index in [4.69, 9.17) is 4.74 Å². The lowest BCUT2D eigenvalue weighted by molar-refractivity contribution is -0.115. The third kappa shape index (κ3) is 5.64. The molecule has 3 rings (SSSR count). The zero-order valence-corrected chi connectivity index (χ0v) is 18.1. The fourth-order valence-electron chi connectivity index (χ4n) is 2.63. The number of anilines is 1. The minimum Gasteiger partial charge on any atom is -0.494 e. The first-order valence-corrected chi connectivity index (χ1v) is 10.7. The summed E-state index contributed by atoms with van der Waals surface area (Å²) in [5.74, 6) is 0.732. The number of hydrogen-bond acceptors (Lipinski definition) is 5. The molecule has 28 heavy (non-hydrogen) atoms. The van der Waals surface area contributed by atoms with Crippen LogP contribution >= 0.6 is 27.3 Å². The smallest absolute Gasteiger partial charge is 0.240 e. The van der Waals surface area contributed by atoms with Crippen molar-refractivity contribution >= 4 is 38.3 Å². The lowest BCUT2D eigenvalue weighted by Gasteiger charge is -2.14. The highest BCUT2D eigenvalue weighted by atomic mass is 79.9. The molecule has 1 heterocycles.